The largest absolute Gasteiger partial charge is 0.465 e. The Bertz CT molecular complexity index is 750. The van der Waals surface area contributed by atoms with Gasteiger partial charge in [0, 0.05) is 19.8 Å². The third kappa shape index (κ3) is 2.94. The number of hydrogen-bond acceptors (Lipinski definition) is 4. The Hall–Kier alpha value is -1.64. The third-order valence-corrected chi connectivity index (χ3v) is 5.52. The van der Waals surface area contributed by atoms with E-state index in [1.165, 1.54) is 4.31 Å². The summed E-state index contributed by atoms with van der Waals surface area (Å²) in [7, 11) is -1.77. The van der Waals surface area contributed by atoms with E-state index >= 15 is 0 Å². The van der Waals surface area contributed by atoms with Gasteiger partial charge in [-0.15, -0.1) is 0 Å². The molecule has 1 aliphatic rings. The SMILES string of the molecule is Cc1ccc([C@@H]2CCCN2S(=O)(=O)NCc2ccnn2C)o1. The quantitative estimate of drug-likeness (QED) is 0.903. The molecule has 0 spiro atoms. The molecular weight excluding hydrogens is 304 g/mol. The van der Waals surface area contributed by atoms with Crippen LogP contribution < -0.4 is 4.72 Å². The normalized spacial score (nSPS) is 19.8. The first-order valence-electron chi connectivity index (χ1n) is 7.27. The van der Waals surface area contributed by atoms with Gasteiger partial charge in [-0.3, -0.25) is 4.68 Å². The maximum atomic E-state index is 12.6. The van der Waals surface area contributed by atoms with Crippen LogP contribution in [0.15, 0.2) is 28.8 Å². The Kier molecular flexibility index (Phi) is 4.07. The van der Waals surface area contributed by atoms with E-state index in [1.807, 2.05) is 19.1 Å². The first-order chi connectivity index (χ1) is 10.5. The molecule has 2 aromatic heterocycles. The molecule has 0 aromatic carbocycles. The summed E-state index contributed by atoms with van der Waals surface area (Å²) in [6.45, 7) is 2.59. The highest BCUT2D eigenvalue weighted by Gasteiger charge is 2.36. The van der Waals surface area contributed by atoms with Crippen LogP contribution in [-0.2, 0) is 23.8 Å². The summed E-state index contributed by atoms with van der Waals surface area (Å²) in [6.07, 6.45) is 3.25. The maximum Gasteiger partial charge on any atom is 0.280 e. The third-order valence-electron chi connectivity index (χ3n) is 3.96. The van der Waals surface area contributed by atoms with Crippen molar-refractivity contribution in [2.24, 2.45) is 7.05 Å². The summed E-state index contributed by atoms with van der Waals surface area (Å²) in [6, 6.07) is 5.29. The van der Waals surface area contributed by atoms with Gasteiger partial charge in [-0.05, 0) is 38.0 Å². The zero-order valence-corrected chi connectivity index (χ0v) is 13.5. The minimum Gasteiger partial charge on any atom is -0.465 e. The summed E-state index contributed by atoms with van der Waals surface area (Å²) in [5.74, 6) is 1.50. The highest BCUT2D eigenvalue weighted by molar-refractivity contribution is 7.87. The summed E-state index contributed by atoms with van der Waals surface area (Å²) < 4.78 is 36.5. The first kappa shape index (κ1) is 15.3. The number of nitrogens with zero attached hydrogens (tertiary/aromatic N) is 3. The van der Waals surface area contributed by atoms with Crippen LogP contribution in [0.5, 0.6) is 0 Å². The maximum absolute atomic E-state index is 12.6. The molecule has 1 atom stereocenters. The van der Waals surface area contributed by atoms with E-state index < -0.39 is 10.2 Å². The van der Waals surface area contributed by atoms with Crippen molar-refractivity contribution in [1.82, 2.24) is 18.8 Å². The van der Waals surface area contributed by atoms with E-state index in [0.717, 1.165) is 24.3 Å². The van der Waals surface area contributed by atoms with Crippen LogP contribution in [0.4, 0.5) is 0 Å². The fourth-order valence-electron chi connectivity index (χ4n) is 2.77. The summed E-state index contributed by atoms with van der Waals surface area (Å²) >= 11 is 0. The van der Waals surface area contributed by atoms with Crippen molar-refractivity contribution in [2.75, 3.05) is 6.54 Å². The second kappa shape index (κ2) is 5.86. The molecule has 8 heteroatoms. The van der Waals surface area contributed by atoms with E-state index in [9.17, 15) is 8.42 Å². The van der Waals surface area contributed by atoms with Crippen LogP contribution in [0, 0.1) is 6.92 Å². The molecule has 3 heterocycles. The van der Waals surface area contributed by atoms with Crippen LogP contribution in [-0.4, -0.2) is 29.0 Å². The van der Waals surface area contributed by atoms with Gasteiger partial charge >= 0.3 is 0 Å². The summed E-state index contributed by atoms with van der Waals surface area (Å²) in [5, 5.41) is 4.03. The van der Waals surface area contributed by atoms with Gasteiger partial charge in [0.1, 0.15) is 11.5 Å². The minimum atomic E-state index is -3.56. The highest BCUT2D eigenvalue weighted by Crippen LogP contribution is 2.34. The molecule has 0 saturated carbocycles. The first-order valence-corrected chi connectivity index (χ1v) is 8.71. The van der Waals surface area contributed by atoms with Crippen LogP contribution >= 0.6 is 0 Å². The minimum absolute atomic E-state index is 0.221. The van der Waals surface area contributed by atoms with Gasteiger partial charge in [-0.2, -0.15) is 22.5 Å². The predicted molar refractivity (Wildman–Crippen MR) is 81.1 cm³/mol. The Morgan fingerprint density at radius 1 is 1.41 bits per heavy atom. The van der Waals surface area contributed by atoms with E-state index in [2.05, 4.69) is 9.82 Å². The van der Waals surface area contributed by atoms with Gasteiger partial charge in [-0.1, -0.05) is 0 Å². The second-order valence-electron chi connectivity index (χ2n) is 5.49. The molecule has 1 saturated heterocycles. The van der Waals surface area contributed by atoms with Crippen molar-refractivity contribution in [3.8, 4) is 0 Å². The van der Waals surface area contributed by atoms with Crippen LogP contribution in [0.3, 0.4) is 0 Å². The summed E-state index contributed by atoms with van der Waals surface area (Å²) in [5.41, 5.74) is 0.813. The molecule has 22 heavy (non-hydrogen) atoms. The number of rotatable bonds is 5. The molecule has 2 aromatic rings. The lowest BCUT2D eigenvalue weighted by molar-refractivity contribution is 0.330. The molecule has 0 unspecified atom stereocenters. The molecule has 0 aliphatic carbocycles. The zero-order chi connectivity index (χ0) is 15.7. The van der Waals surface area contributed by atoms with Gasteiger partial charge in [0.05, 0.1) is 18.3 Å². The fourth-order valence-corrected chi connectivity index (χ4v) is 4.18. The Labute approximate surface area is 130 Å². The van der Waals surface area contributed by atoms with Gasteiger partial charge in [0.2, 0.25) is 0 Å². The Morgan fingerprint density at radius 3 is 2.86 bits per heavy atom. The molecular formula is C14H20N4O3S. The van der Waals surface area contributed by atoms with Crippen LogP contribution in [0.25, 0.3) is 0 Å². The lowest BCUT2D eigenvalue weighted by Crippen LogP contribution is -2.40. The lowest BCUT2D eigenvalue weighted by Gasteiger charge is -2.22. The number of aromatic nitrogens is 2. The smallest absolute Gasteiger partial charge is 0.280 e. The van der Waals surface area contributed by atoms with E-state index in [4.69, 9.17) is 4.42 Å². The van der Waals surface area contributed by atoms with E-state index in [1.54, 1.807) is 24.0 Å². The molecule has 3 rings (SSSR count). The van der Waals surface area contributed by atoms with Crippen molar-refractivity contribution in [2.45, 2.75) is 32.4 Å². The van der Waals surface area contributed by atoms with Crippen molar-refractivity contribution in [3.63, 3.8) is 0 Å². The van der Waals surface area contributed by atoms with E-state index in [-0.39, 0.29) is 12.6 Å². The molecule has 1 fully saturated rings. The summed E-state index contributed by atoms with van der Waals surface area (Å²) in [4.78, 5) is 0. The predicted octanol–water partition coefficient (Wildman–Crippen LogP) is 1.49. The van der Waals surface area contributed by atoms with E-state index in [0.29, 0.717) is 12.3 Å². The van der Waals surface area contributed by atoms with Crippen molar-refractivity contribution in [3.05, 3.63) is 41.6 Å². The van der Waals surface area contributed by atoms with Gasteiger partial charge in [0.25, 0.3) is 10.2 Å². The number of aryl methyl sites for hydroxylation is 2. The average Bonchev–Trinajstić information content (AvgIpc) is 3.16. The molecule has 7 nitrogen and oxygen atoms in total. The Morgan fingerprint density at radius 2 is 2.23 bits per heavy atom. The van der Waals surface area contributed by atoms with Crippen molar-refractivity contribution >= 4 is 10.2 Å². The topological polar surface area (TPSA) is 80.4 Å². The molecule has 0 bridgehead atoms. The fraction of sp³-hybridized carbons (Fsp3) is 0.500. The van der Waals surface area contributed by atoms with Crippen molar-refractivity contribution < 1.29 is 12.8 Å². The molecule has 1 aliphatic heterocycles. The standard InChI is InChI=1S/C14H20N4O3S/c1-11-5-6-14(21-11)13-4-3-9-18(13)22(19,20)16-10-12-7-8-15-17(12)2/h5-8,13,16H,3-4,9-10H2,1-2H3/t13-/m0/s1. The highest BCUT2D eigenvalue weighted by atomic mass is 32.2. The molecule has 0 radical (unpaired) electrons. The van der Waals surface area contributed by atoms with Crippen LogP contribution in [0.1, 0.15) is 36.1 Å². The number of nitrogens with one attached hydrogen (secondary N) is 1. The monoisotopic (exact) mass is 324 g/mol. The van der Waals surface area contributed by atoms with Crippen molar-refractivity contribution in [1.29, 1.82) is 0 Å². The van der Waals surface area contributed by atoms with Gasteiger partial charge in [-0.25, -0.2) is 0 Å². The average molecular weight is 324 g/mol. The zero-order valence-electron chi connectivity index (χ0n) is 12.7. The molecule has 120 valence electrons. The Balaban J connectivity index is 1.74. The number of hydrogen-bond donors (Lipinski definition) is 1. The van der Waals surface area contributed by atoms with Crippen LogP contribution in [0.2, 0.25) is 0 Å². The second-order valence-corrected chi connectivity index (χ2v) is 7.20. The van der Waals surface area contributed by atoms with Gasteiger partial charge < -0.3 is 4.42 Å². The molecule has 1 N–H and O–H groups in total. The molecule has 0 amide bonds. The number of furan rings is 1. The van der Waals surface area contributed by atoms with Gasteiger partial charge in [0.15, 0.2) is 0 Å². The lowest BCUT2D eigenvalue weighted by atomic mass is 10.2.